The lowest BCUT2D eigenvalue weighted by atomic mass is 9.79. The van der Waals surface area contributed by atoms with Crippen molar-refractivity contribution >= 4 is 0 Å². The van der Waals surface area contributed by atoms with Gasteiger partial charge in [0.15, 0.2) is 0 Å². The van der Waals surface area contributed by atoms with E-state index in [1.54, 1.807) is 12.4 Å². The maximum atomic E-state index is 9.92. The van der Waals surface area contributed by atoms with Crippen LogP contribution in [0.1, 0.15) is 18.3 Å². The van der Waals surface area contributed by atoms with E-state index in [0.717, 1.165) is 11.4 Å². The van der Waals surface area contributed by atoms with Gasteiger partial charge in [-0.1, -0.05) is 19.1 Å². The number of pyridine rings is 2. The highest BCUT2D eigenvalue weighted by atomic mass is 16.3. The number of hydrogen-bond donors (Lipinski definition) is 2. The summed E-state index contributed by atoms with van der Waals surface area (Å²) in [6, 6.07) is 11.5. The number of rotatable bonds is 5. The third-order valence-electron chi connectivity index (χ3n) is 3.34. The Bertz CT molecular complexity index is 458. The first kappa shape index (κ1) is 13.6. The lowest BCUT2D eigenvalue weighted by molar-refractivity contribution is 0.0410. The SMILES string of the molecule is CC(Cc1ccccn1)(Cc1ccccn1)C(N)O. The van der Waals surface area contributed by atoms with Crippen molar-refractivity contribution in [1.82, 2.24) is 9.97 Å². The molecule has 2 heterocycles. The van der Waals surface area contributed by atoms with Gasteiger partial charge in [-0.15, -0.1) is 0 Å². The molecule has 0 aromatic carbocycles. The Balaban J connectivity index is 2.18. The summed E-state index contributed by atoms with van der Waals surface area (Å²) < 4.78 is 0. The molecule has 4 heteroatoms. The van der Waals surface area contributed by atoms with Gasteiger partial charge in [0.05, 0.1) is 0 Å². The molecular formula is C15H19N3O. The number of aromatic nitrogens is 2. The van der Waals surface area contributed by atoms with Crippen LogP contribution in [0.3, 0.4) is 0 Å². The number of aliphatic hydroxyl groups is 1. The van der Waals surface area contributed by atoms with Gasteiger partial charge in [0.25, 0.3) is 0 Å². The fourth-order valence-electron chi connectivity index (χ4n) is 2.10. The molecule has 0 radical (unpaired) electrons. The third kappa shape index (κ3) is 3.59. The van der Waals surface area contributed by atoms with Crippen LogP contribution in [0.2, 0.25) is 0 Å². The van der Waals surface area contributed by atoms with Gasteiger partial charge >= 0.3 is 0 Å². The topological polar surface area (TPSA) is 72.0 Å². The molecule has 1 unspecified atom stereocenters. The van der Waals surface area contributed by atoms with Crippen LogP contribution >= 0.6 is 0 Å². The lowest BCUT2D eigenvalue weighted by Crippen LogP contribution is -2.43. The fourth-order valence-corrected chi connectivity index (χ4v) is 2.10. The molecule has 0 fully saturated rings. The first-order valence-electron chi connectivity index (χ1n) is 6.34. The number of hydrogen-bond acceptors (Lipinski definition) is 4. The lowest BCUT2D eigenvalue weighted by Gasteiger charge is -2.31. The van der Waals surface area contributed by atoms with Gasteiger partial charge in [0.1, 0.15) is 6.23 Å². The van der Waals surface area contributed by atoms with Gasteiger partial charge in [-0.25, -0.2) is 0 Å². The largest absolute Gasteiger partial charge is 0.378 e. The summed E-state index contributed by atoms with van der Waals surface area (Å²) in [6.45, 7) is 1.96. The normalized spacial score (nSPS) is 13.2. The summed E-state index contributed by atoms with van der Waals surface area (Å²) >= 11 is 0. The maximum Gasteiger partial charge on any atom is 0.108 e. The van der Waals surface area contributed by atoms with Crippen LogP contribution in [-0.4, -0.2) is 21.3 Å². The Hall–Kier alpha value is -1.78. The molecule has 0 saturated carbocycles. The summed E-state index contributed by atoms with van der Waals surface area (Å²) in [5, 5.41) is 9.92. The van der Waals surface area contributed by atoms with Gasteiger partial charge in [-0.3, -0.25) is 9.97 Å². The van der Waals surface area contributed by atoms with Crippen molar-refractivity contribution in [1.29, 1.82) is 0 Å². The highest BCUT2D eigenvalue weighted by molar-refractivity contribution is 5.11. The van der Waals surface area contributed by atoms with Crippen LogP contribution in [-0.2, 0) is 12.8 Å². The summed E-state index contributed by atoms with van der Waals surface area (Å²) in [6.07, 6.45) is 3.81. The molecule has 0 amide bonds. The van der Waals surface area contributed by atoms with Gasteiger partial charge < -0.3 is 10.8 Å². The van der Waals surface area contributed by atoms with E-state index in [9.17, 15) is 5.11 Å². The maximum absolute atomic E-state index is 9.92. The summed E-state index contributed by atoms with van der Waals surface area (Å²) in [7, 11) is 0. The van der Waals surface area contributed by atoms with Crippen molar-refractivity contribution in [3.63, 3.8) is 0 Å². The second-order valence-electron chi connectivity index (χ2n) is 5.09. The first-order valence-corrected chi connectivity index (χ1v) is 6.34. The Morgan fingerprint density at radius 2 is 1.53 bits per heavy atom. The zero-order valence-electron chi connectivity index (χ0n) is 11.0. The molecule has 100 valence electrons. The van der Waals surface area contributed by atoms with E-state index in [4.69, 9.17) is 5.73 Å². The molecule has 3 N–H and O–H groups in total. The zero-order valence-corrected chi connectivity index (χ0v) is 11.0. The van der Waals surface area contributed by atoms with Crippen molar-refractivity contribution in [2.24, 2.45) is 11.1 Å². The van der Waals surface area contributed by atoms with E-state index < -0.39 is 11.6 Å². The summed E-state index contributed by atoms with van der Waals surface area (Å²) in [4.78, 5) is 8.60. The second-order valence-corrected chi connectivity index (χ2v) is 5.09. The zero-order chi connectivity index (χ0) is 13.7. The van der Waals surface area contributed by atoms with Crippen molar-refractivity contribution < 1.29 is 5.11 Å². The number of aliphatic hydroxyl groups excluding tert-OH is 1. The Morgan fingerprint density at radius 3 is 1.84 bits per heavy atom. The second kappa shape index (κ2) is 5.91. The van der Waals surface area contributed by atoms with E-state index in [-0.39, 0.29) is 0 Å². The molecule has 2 aromatic rings. The van der Waals surface area contributed by atoms with E-state index in [2.05, 4.69) is 9.97 Å². The Kier molecular flexibility index (Phi) is 4.24. The van der Waals surface area contributed by atoms with Gasteiger partial charge in [-0.2, -0.15) is 0 Å². The standard InChI is InChI=1S/C15H19N3O/c1-15(14(16)19,10-12-6-2-4-8-17-12)11-13-7-3-5-9-18-13/h2-9,14,19H,10-11,16H2,1H3. The monoisotopic (exact) mass is 257 g/mol. The molecule has 0 aliphatic heterocycles. The van der Waals surface area contributed by atoms with Crippen molar-refractivity contribution in [3.8, 4) is 0 Å². The van der Waals surface area contributed by atoms with Crippen LogP contribution in [0.15, 0.2) is 48.8 Å². The van der Waals surface area contributed by atoms with Crippen LogP contribution in [0.5, 0.6) is 0 Å². The quantitative estimate of drug-likeness (QED) is 0.797. The highest BCUT2D eigenvalue weighted by Gasteiger charge is 2.32. The van der Waals surface area contributed by atoms with Crippen molar-refractivity contribution in [2.45, 2.75) is 26.0 Å². The number of nitrogens with two attached hydrogens (primary N) is 1. The molecule has 0 spiro atoms. The minimum absolute atomic E-state index is 0.483. The van der Waals surface area contributed by atoms with Crippen LogP contribution in [0.25, 0.3) is 0 Å². The molecule has 0 aliphatic carbocycles. The molecular weight excluding hydrogens is 238 g/mol. The molecule has 19 heavy (non-hydrogen) atoms. The Morgan fingerprint density at radius 1 is 1.05 bits per heavy atom. The molecule has 2 aromatic heterocycles. The molecule has 1 atom stereocenters. The van der Waals surface area contributed by atoms with E-state index in [1.165, 1.54) is 0 Å². The fraction of sp³-hybridized carbons (Fsp3) is 0.333. The van der Waals surface area contributed by atoms with Crippen molar-refractivity contribution in [2.75, 3.05) is 0 Å². The molecule has 0 bridgehead atoms. The summed E-state index contributed by atoms with van der Waals surface area (Å²) in [5.74, 6) is 0. The van der Waals surface area contributed by atoms with Crippen molar-refractivity contribution in [3.05, 3.63) is 60.2 Å². The predicted octanol–water partition coefficient (Wildman–Crippen LogP) is 1.55. The average molecular weight is 257 g/mol. The average Bonchev–Trinajstić information content (AvgIpc) is 2.40. The summed E-state index contributed by atoms with van der Waals surface area (Å²) in [5.41, 5.74) is 7.13. The first-order chi connectivity index (χ1) is 9.10. The van der Waals surface area contributed by atoms with Crippen LogP contribution in [0, 0.1) is 5.41 Å². The minimum Gasteiger partial charge on any atom is -0.378 e. The third-order valence-corrected chi connectivity index (χ3v) is 3.34. The van der Waals surface area contributed by atoms with Gasteiger partial charge in [-0.05, 0) is 37.1 Å². The molecule has 4 nitrogen and oxygen atoms in total. The van der Waals surface area contributed by atoms with Gasteiger partial charge in [0.2, 0.25) is 0 Å². The van der Waals surface area contributed by atoms with Gasteiger partial charge in [0, 0.05) is 29.2 Å². The van der Waals surface area contributed by atoms with Crippen LogP contribution in [0.4, 0.5) is 0 Å². The van der Waals surface area contributed by atoms with E-state index in [1.807, 2.05) is 43.3 Å². The minimum atomic E-state index is -0.920. The smallest absolute Gasteiger partial charge is 0.108 e. The van der Waals surface area contributed by atoms with Crippen LogP contribution < -0.4 is 5.73 Å². The molecule has 0 aliphatic rings. The number of nitrogens with zero attached hydrogens (tertiary/aromatic N) is 2. The predicted molar refractivity (Wildman–Crippen MR) is 74.2 cm³/mol. The molecule has 0 saturated heterocycles. The van der Waals surface area contributed by atoms with E-state index in [0.29, 0.717) is 12.8 Å². The molecule has 2 rings (SSSR count). The Labute approximate surface area is 113 Å². The highest BCUT2D eigenvalue weighted by Crippen LogP contribution is 2.28. The van der Waals surface area contributed by atoms with E-state index >= 15 is 0 Å².